The maximum atomic E-state index is 11.4. The van der Waals surface area contributed by atoms with Gasteiger partial charge in [-0.25, -0.2) is 13.6 Å². The monoisotopic (exact) mass is 293 g/mol. The fourth-order valence-corrected chi connectivity index (χ4v) is 2.70. The predicted molar refractivity (Wildman–Crippen MR) is 78.6 cm³/mol. The Morgan fingerprint density at radius 1 is 1.30 bits per heavy atom. The molecule has 0 atom stereocenters. The van der Waals surface area contributed by atoms with Gasteiger partial charge in [0, 0.05) is 5.56 Å². The normalized spacial score (nSPS) is 11.7. The Kier molecular flexibility index (Phi) is 4.57. The molecule has 2 aromatic rings. The smallest absolute Gasteiger partial charge is 0.238 e. The van der Waals surface area contributed by atoms with E-state index in [9.17, 15) is 8.42 Å². The molecular weight excluding hydrogens is 274 g/mol. The molecule has 1 aromatic heterocycles. The average molecular weight is 293 g/mol. The zero-order valence-corrected chi connectivity index (χ0v) is 12.3. The van der Waals surface area contributed by atoms with E-state index < -0.39 is 10.0 Å². The van der Waals surface area contributed by atoms with Crippen molar-refractivity contribution in [3.05, 3.63) is 36.0 Å². The highest BCUT2D eigenvalue weighted by molar-refractivity contribution is 7.89. The van der Waals surface area contributed by atoms with Crippen molar-refractivity contribution in [2.24, 2.45) is 5.14 Å². The third-order valence-corrected chi connectivity index (χ3v) is 4.13. The maximum absolute atomic E-state index is 11.4. The fourth-order valence-electron chi connectivity index (χ4n) is 2.14. The van der Waals surface area contributed by atoms with Gasteiger partial charge < -0.3 is 0 Å². The maximum Gasteiger partial charge on any atom is 0.238 e. The molecule has 3 N–H and O–H groups in total. The van der Waals surface area contributed by atoms with Crippen LogP contribution < -0.4 is 5.14 Å². The fraction of sp³-hybridized carbons (Fsp3) is 0.357. The molecule has 5 nitrogen and oxygen atoms in total. The molecule has 0 radical (unpaired) electrons. The molecule has 0 spiro atoms. The highest BCUT2D eigenvalue weighted by atomic mass is 32.2. The Labute approximate surface area is 119 Å². The van der Waals surface area contributed by atoms with Crippen LogP contribution in [0.15, 0.2) is 35.4 Å². The summed E-state index contributed by atoms with van der Waals surface area (Å²) >= 11 is 0. The topological polar surface area (TPSA) is 88.8 Å². The van der Waals surface area contributed by atoms with Gasteiger partial charge in [0.25, 0.3) is 0 Å². The molecule has 0 aliphatic carbocycles. The van der Waals surface area contributed by atoms with Crippen LogP contribution >= 0.6 is 0 Å². The number of nitrogens with two attached hydrogens (primary N) is 1. The zero-order chi connectivity index (χ0) is 14.6. The van der Waals surface area contributed by atoms with E-state index in [0.29, 0.717) is 0 Å². The van der Waals surface area contributed by atoms with Crippen LogP contribution in [0.25, 0.3) is 11.3 Å². The number of H-pyrrole nitrogens is 1. The van der Waals surface area contributed by atoms with Crippen molar-refractivity contribution in [1.82, 2.24) is 10.2 Å². The Bertz CT molecular complexity index is 677. The first-order valence-electron chi connectivity index (χ1n) is 6.68. The number of hydrogen-bond acceptors (Lipinski definition) is 3. The number of rotatable bonds is 6. The number of unbranched alkanes of at least 4 members (excludes halogenated alkanes) is 2. The standard InChI is InChI=1S/C14H19N3O2S/c1-2-3-4-6-12-10-16-17-14(12)11-7-5-8-13(9-11)20(15,18)19/h5,7-10H,2-4,6H2,1H3,(H,16,17)(H2,15,18,19). The minimum absolute atomic E-state index is 0.115. The van der Waals surface area contributed by atoms with Crippen molar-refractivity contribution < 1.29 is 8.42 Å². The molecule has 0 unspecified atom stereocenters. The van der Waals surface area contributed by atoms with Crippen LogP contribution in [0.4, 0.5) is 0 Å². The zero-order valence-electron chi connectivity index (χ0n) is 11.5. The molecule has 2 rings (SSSR count). The van der Waals surface area contributed by atoms with Gasteiger partial charge >= 0.3 is 0 Å². The first kappa shape index (κ1) is 14.7. The first-order chi connectivity index (χ1) is 9.52. The average Bonchev–Trinajstić information content (AvgIpc) is 2.87. The summed E-state index contributed by atoms with van der Waals surface area (Å²) < 4.78 is 22.8. The Morgan fingerprint density at radius 3 is 2.80 bits per heavy atom. The highest BCUT2D eigenvalue weighted by Crippen LogP contribution is 2.24. The molecule has 0 saturated carbocycles. The molecule has 0 aliphatic heterocycles. The number of benzene rings is 1. The van der Waals surface area contributed by atoms with Crippen molar-refractivity contribution in [3.63, 3.8) is 0 Å². The van der Waals surface area contributed by atoms with Crippen molar-refractivity contribution in [2.45, 2.75) is 37.5 Å². The molecule has 0 aliphatic rings. The van der Waals surface area contributed by atoms with Crippen LogP contribution in [-0.4, -0.2) is 18.6 Å². The molecule has 0 amide bonds. The number of sulfonamides is 1. The Morgan fingerprint density at radius 2 is 2.10 bits per heavy atom. The second-order valence-electron chi connectivity index (χ2n) is 4.80. The van der Waals surface area contributed by atoms with E-state index in [0.717, 1.165) is 36.1 Å². The minimum atomic E-state index is -3.68. The number of nitrogens with zero attached hydrogens (tertiary/aromatic N) is 1. The van der Waals surface area contributed by atoms with E-state index in [2.05, 4.69) is 17.1 Å². The van der Waals surface area contributed by atoms with Crippen LogP contribution in [0, 0.1) is 0 Å². The summed E-state index contributed by atoms with van der Waals surface area (Å²) in [6.07, 6.45) is 6.15. The minimum Gasteiger partial charge on any atom is -0.278 e. The molecule has 0 bridgehead atoms. The van der Waals surface area contributed by atoms with E-state index in [-0.39, 0.29) is 4.90 Å². The van der Waals surface area contributed by atoms with Gasteiger partial charge in [0.05, 0.1) is 16.8 Å². The molecule has 6 heteroatoms. The summed E-state index contributed by atoms with van der Waals surface area (Å²) in [5, 5.41) is 12.2. The highest BCUT2D eigenvalue weighted by Gasteiger charge is 2.12. The van der Waals surface area contributed by atoms with E-state index in [4.69, 9.17) is 5.14 Å². The lowest BCUT2D eigenvalue weighted by molar-refractivity contribution is 0.598. The summed E-state index contributed by atoms with van der Waals surface area (Å²) in [5.74, 6) is 0. The molecule has 20 heavy (non-hydrogen) atoms. The SMILES string of the molecule is CCCCCc1cn[nH]c1-c1cccc(S(N)(=O)=O)c1. The summed E-state index contributed by atoms with van der Waals surface area (Å²) in [6, 6.07) is 6.61. The van der Waals surface area contributed by atoms with Crippen molar-refractivity contribution in [2.75, 3.05) is 0 Å². The van der Waals surface area contributed by atoms with Crippen molar-refractivity contribution >= 4 is 10.0 Å². The Balaban J connectivity index is 2.30. The van der Waals surface area contributed by atoms with Crippen molar-refractivity contribution in [3.8, 4) is 11.3 Å². The number of aromatic nitrogens is 2. The van der Waals surface area contributed by atoms with Crippen LogP contribution in [0.1, 0.15) is 31.7 Å². The van der Waals surface area contributed by atoms with E-state index in [1.54, 1.807) is 18.3 Å². The van der Waals surface area contributed by atoms with Crippen molar-refractivity contribution in [1.29, 1.82) is 0 Å². The van der Waals surface area contributed by atoms with Gasteiger partial charge in [-0.05, 0) is 30.5 Å². The summed E-state index contributed by atoms with van der Waals surface area (Å²) in [6.45, 7) is 2.16. The number of hydrogen-bond donors (Lipinski definition) is 2. The lowest BCUT2D eigenvalue weighted by Crippen LogP contribution is -2.12. The molecule has 108 valence electrons. The van der Waals surface area contributed by atoms with Gasteiger partial charge in [0.1, 0.15) is 0 Å². The van der Waals surface area contributed by atoms with Gasteiger partial charge in [-0.3, -0.25) is 5.10 Å². The second kappa shape index (κ2) is 6.19. The van der Waals surface area contributed by atoms with Crippen LogP contribution in [0.2, 0.25) is 0 Å². The lowest BCUT2D eigenvalue weighted by Gasteiger charge is -2.05. The summed E-state index contributed by atoms with van der Waals surface area (Å²) in [5.41, 5.74) is 2.76. The summed E-state index contributed by atoms with van der Waals surface area (Å²) in [7, 11) is -3.68. The first-order valence-corrected chi connectivity index (χ1v) is 8.22. The number of primary sulfonamides is 1. The molecule has 0 fully saturated rings. The molecular formula is C14H19N3O2S. The number of nitrogens with one attached hydrogen (secondary N) is 1. The largest absolute Gasteiger partial charge is 0.278 e. The van der Waals surface area contributed by atoms with Crippen LogP contribution in [-0.2, 0) is 16.4 Å². The van der Waals surface area contributed by atoms with Gasteiger partial charge in [-0.15, -0.1) is 0 Å². The van der Waals surface area contributed by atoms with Crippen LogP contribution in [0.3, 0.4) is 0 Å². The third kappa shape index (κ3) is 3.46. The van der Waals surface area contributed by atoms with Gasteiger partial charge in [-0.1, -0.05) is 31.9 Å². The van der Waals surface area contributed by atoms with E-state index in [1.165, 1.54) is 12.5 Å². The van der Waals surface area contributed by atoms with Crippen LogP contribution in [0.5, 0.6) is 0 Å². The molecule has 1 aromatic carbocycles. The molecule has 0 saturated heterocycles. The van der Waals surface area contributed by atoms with E-state index >= 15 is 0 Å². The predicted octanol–water partition coefficient (Wildman–Crippen LogP) is 2.46. The molecule has 1 heterocycles. The Hall–Kier alpha value is -1.66. The van der Waals surface area contributed by atoms with Gasteiger partial charge in [0.15, 0.2) is 0 Å². The number of aryl methyl sites for hydroxylation is 1. The third-order valence-electron chi connectivity index (χ3n) is 3.22. The second-order valence-corrected chi connectivity index (χ2v) is 6.36. The van der Waals surface area contributed by atoms with E-state index in [1.807, 2.05) is 6.07 Å². The number of aromatic amines is 1. The lowest BCUT2D eigenvalue weighted by atomic mass is 10.0. The quantitative estimate of drug-likeness (QED) is 0.802. The van der Waals surface area contributed by atoms with Gasteiger partial charge in [0.2, 0.25) is 10.0 Å². The van der Waals surface area contributed by atoms with Gasteiger partial charge in [-0.2, -0.15) is 5.10 Å². The summed E-state index contributed by atoms with van der Waals surface area (Å²) in [4.78, 5) is 0.115.